The Kier molecular flexibility index (Phi) is 6.34. The van der Waals surface area contributed by atoms with Crippen molar-refractivity contribution in [1.29, 1.82) is 0 Å². The van der Waals surface area contributed by atoms with Crippen LogP contribution in [0.1, 0.15) is 37.7 Å². The first kappa shape index (κ1) is 19.4. The van der Waals surface area contributed by atoms with E-state index in [-0.39, 0.29) is 11.8 Å². The molecule has 4 rings (SSSR count). The monoisotopic (exact) mass is 392 g/mol. The van der Waals surface area contributed by atoms with Crippen LogP contribution in [-0.2, 0) is 17.8 Å². The molecule has 0 spiro atoms. The number of carbonyl (C=O) groups excluding carboxylic acids is 1. The minimum Gasteiger partial charge on any atom is -0.369 e. The Labute approximate surface area is 170 Å². The fourth-order valence-corrected chi connectivity index (χ4v) is 3.96. The fourth-order valence-electron chi connectivity index (χ4n) is 3.96. The van der Waals surface area contributed by atoms with E-state index in [1.54, 1.807) is 12.5 Å². The largest absolute Gasteiger partial charge is 0.369 e. The topological polar surface area (TPSA) is 84.7 Å². The molecule has 1 amide bonds. The van der Waals surface area contributed by atoms with Crippen molar-refractivity contribution in [2.24, 2.45) is 5.92 Å². The third-order valence-electron chi connectivity index (χ3n) is 5.58. The smallest absolute Gasteiger partial charge is 0.223 e. The van der Waals surface area contributed by atoms with Crippen molar-refractivity contribution in [3.05, 3.63) is 48.4 Å². The zero-order chi connectivity index (χ0) is 19.9. The average Bonchev–Trinajstić information content (AvgIpc) is 3.19. The molecule has 0 aliphatic heterocycles. The molecule has 1 aliphatic rings. The number of nitrogens with zero attached hydrogens (tertiary/aromatic N) is 4. The molecule has 0 atom stereocenters. The van der Waals surface area contributed by atoms with E-state index < -0.39 is 0 Å². The summed E-state index contributed by atoms with van der Waals surface area (Å²) in [6.45, 7) is 1.95. The number of aromatic nitrogens is 4. The molecule has 152 valence electrons. The van der Waals surface area contributed by atoms with E-state index in [0.717, 1.165) is 42.7 Å². The molecule has 2 N–H and O–H groups in total. The summed E-state index contributed by atoms with van der Waals surface area (Å²) >= 11 is 0. The highest BCUT2D eigenvalue weighted by Gasteiger charge is 2.20. The van der Waals surface area contributed by atoms with Gasteiger partial charge in [-0.15, -0.1) is 0 Å². The Bertz CT molecular complexity index is 933. The molecule has 29 heavy (non-hydrogen) atoms. The van der Waals surface area contributed by atoms with E-state index in [9.17, 15) is 4.79 Å². The lowest BCUT2D eigenvalue weighted by molar-refractivity contribution is -0.125. The van der Waals surface area contributed by atoms with Gasteiger partial charge in [0.2, 0.25) is 5.91 Å². The fraction of sp³-hybridized carbons (Fsp3) is 0.455. The summed E-state index contributed by atoms with van der Waals surface area (Å²) in [5.41, 5.74) is 2.07. The number of anilines is 1. The van der Waals surface area contributed by atoms with Crippen LogP contribution in [-0.4, -0.2) is 38.7 Å². The molecule has 1 aromatic carbocycles. The van der Waals surface area contributed by atoms with Crippen LogP contribution in [0.2, 0.25) is 0 Å². The van der Waals surface area contributed by atoms with Crippen molar-refractivity contribution in [3.8, 4) is 0 Å². The van der Waals surface area contributed by atoms with Crippen LogP contribution in [0.5, 0.6) is 0 Å². The number of rotatable bonds is 8. The lowest BCUT2D eigenvalue weighted by atomic mass is 9.89. The van der Waals surface area contributed by atoms with Crippen molar-refractivity contribution < 1.29 is 4.79 Å². The highest BCUT2D eigenvalue weighted by Crippen LogP contribution is 2.23. The van der Waals surface area contributed by atoms with Gasteiger partial charge in [0.25, 0.3) is 0 Å². The maximum atomic E-state index is 12.3. The van der Waals surface area contributed by atoms with Crippen molar-refractivity contribution in [2.75, 3.05) is 18.4 Å². The van der Waals surface area contributed by atoms with Gasteiger partial charge < -0.3 is 10.6 Å². The van der Waals surface area contributed by atoms with E-state index in [0.29, 0.717) is 13.1 Å². The van der Waals surface area contributed by atoms with E-state index in [2.05, 4.69) is 50.0 Å². The van der Waals surface area contributed by atoms with E-state index >= 15 is 0 Å². The van der Waals surface area contributed by atoms with Gasteiger partial charge in [0.15, 0.2) is 5.65 Å². The van der Waals surface area contributed by atoms with Gasteiger partial charge in [0, 0.05) is 19.0 Å². The summed E-state index contributed by atoms with van der Waals surface area (Å²) in [5, 5.41) is 11.8. The van der Waals surface area contributed by atoms with Crippen LogP contribution in [0, 0.1) is 5.92 Å². The van der Waals surface area contributed by atoms with Crippen molar-refractivity contribution in [1.82, 2.24) is 25.1 Å². The first-order valence-electron chi connectivity index (χ1n) is 10.5. The van der Waals surface area contributed by atoms with Gasteiger partial charge in [-0.25, -0.2) is 14.6 Å². The normalized spacial score (nSPS) is 14.8. The summed E-state index contributed by atoms with van der Waals surface area (Å²) in [6, 6.07) is 10.4. The van der Waals surface area contributed by atoms with Crippen LogP contribution in [0.3, 0.4) is 0 Å². The molecule has 7 heteroatoms. The molecule has 2 heterocycles. The molecular weight excluding hydrogens is 364 g/mol. The maximum absolute atomic E-state index is 12.3. The molecule has 0 radical (unpaired) electrons. The lowest BCUT2D eigenvalue weighted by Crippen LogP contribution is -2.34. The molecule has 0 saturated heterocycles. The summed E-state index contributed by atoms with van der Waals surface area (Å²) in [7, 11) is 0. The SMILES string of the molecule is O=C(NCCn1ncc2c(NCCc3ccccc3)ncnc21)C1CCCCC1. The van der Waals surface area contributed by atoms with E-state index in [1.807, 2.05) is 10.7 Å². The zero-order valence-electron chi connectivity index (χ0n) is 16.7. The third kappa shape index (κ3) is 4.91. The molecular formula is C22H28N6O. The first-order valence-corrected chi connectivity index (χ1v) is 10.5. The predicted octanol–water partition coefficient (Wildman–Crippen LogP) is 3.18. The second-order valence-corrected chi connectivity index (χ2v) is 7.62. The van der Waals surface area contributed by atoms with Crippen molar-refractivity contribution >= 4 is 22.8 Å². The van der Waals surface area contributed by atoms with Gasteiger partial charge in [0.1, 0.15) is 12.1 Å². The molecule has 1 saturated carbocycles. The van der Waals surface area contributed by atoms with Crippen LogP contribution in [0.4, 0.5) is 5.82 Å². The Morgan fingerprint density at radius 1 is 1.07 bits per heavy atom. The quantitative estimate of drug-likeness (QED) is 0.615. The highest BCUT2D eigenvalue weighted by atomic mass is 16.1. The Hall–Kier alpha value is -2.96. The Morgan fingerprint density at radius 3 is 2.72 bits per heavy atom. The van der Waals surface area contributed by atoms with Gasteiger partial charge >= 0.3 is 0 Å². The number of amides is 1. The number of nitrogens with one attached hydrogen (secondary N) is 2. The molecule has 7 nitrogen and oxygen atoms in total. The van der Waals surface area contributed by atoms with E-state index in [4.69, 9.17) is 0 Å². The summed E-state index contributed by atoms with van der Waals surface area (Å²) in [6.07, 6.45) is 9.90. The van der Waals surface area contributed by atoms with Gasteiger partial charge in [-0.3, -0.25) is 4.79 Å². The Morgan fingerprint density at radius 2 is 1.90 bits per heavy atom. The van der Waals surface area contributed by atoms with E-state index in [1.165, 1.54) is 24.8 Å². The number of hydrogen-bond donors (Lipinski definition) is 2. The lowest BCUT2D eigenvalue weighted by Gasteiger charge is -2.20. The maximum Gasteiger partial charge on any atom is 0.223 e. The average molecular weight is 393 g/mol. The molecule has 0 unspecified atom stereocenters. The van der Waals surface area contributed by atoms with Gasteiger partial charge in [0.05, 0.1) is 18.1 Å². The molecule has 1 aliphatic carbocycles. The van der Waals surface area contributed by atoms with Gasteiger partial charge in [-0.2, -0.15) is 5.10 Å². The minimum absolute atomic E-state index is 0.180. The van der Waals surface area contributed by atoms with Crippen LogP contribution in [0.25, 0.3) is 11.0 Å². The molecule has 2 aromatic heterocycles. The number of benzene rings is 1. The number of fused-ring (bicyclic) bond motifs is 1. The number of carbonyl (C=O) groups is 1. The predicted molar refractivity (Wildman–Crippen MR) is 114 cm³/mol. The van der Waals surface area contributed by atoms with Gasteiger partial charge in [-0.05, 0) is 24.8 Å². The van der Waals surface area contributed by atoms with Crippen LogP contribution in [0.15, 0.2) is 42.9 Å². The van der Waals surface area contributed by atoms with Crippen LogP contribution < -0.4 is 10.6 Å². The van der Waals surface area contributed by atoms with Crippen molar-refractivity contribution in [2.45, 2.75) is 45.1 Å². The zero-order valence-corrected chi connectivity index (χ0v) is 16.7. The highest BCUT2D eigenvalue weighted by molar-refractivity contribution is 5.86. The summed E-state index contributed by atoms with van der Waals surface area (Å²) in [5.74, 6) is 1.16. The minimum atomic E-state index is 0.180. The first-order chi connectivity index (χ1) is 14.3. The third-order valence-corrected chi connectivity index (χ3v) is 5.58. The number of hydrogen-bond acceptors (Lipinski definition) is 5. The molecule has 0 bridgehead atoms. The van der Waals surface area contributed by atoms with Crippen LogP contribution >= 0.6 is 0 Å². The van der Waals surface area contributed by atoms with Crippen molar-refractivity contribution in [3.63, 3.8) is 0 Å². The molecule has 1 fully saturated rings. The second kappa shape index (κ2) is 9.49. The Balaban J connectivity index is 1.32. The molecule has 3 aromatic rings. The summed E-state index contributed by atoms with van der Waals surface area (Å²) < 4.78 is 1.83. The second-order valence-electron chi connectivity index (χ2n) is 7.62. The van der Waals surface area contributed by atoms with Gasteiger partial charge in [-0.1, -0.05) is 49.6 Å². The standard InChI is InChI=1S/C22H28N6O/c29-22(18-9-5-2-6-10-18)24-13-14-28-21-19(15-27-28)20(25-16-26-21)23-12-11-17-7-3-1-4-8-17/h1,3-4,7-8,15-16,18H,2,5-6,9-14H2,(H,24,29)(H,23,25,26). The summed E-state index contributed by atoms with van der Waals surface area (Å²) in [4.78, 5) is 21.1.